The van der Waals surface area contributed by atoms with E-state index in [1.165, 1.54) is 18.4 Å². The highest BCUT2D eigenvalue weighted by Gasteiger charge is 2.31. The molecule has 3 nitrogen and oxygen atoms in total. The standard InChI is InChI=1S/C14H19N3/c1-17-8-7-15-14(17)16-13-9-12(10-13)11-5-3-2-4-6-11/h2-6,12-13H,7-10H2,1H3,(H,15,16). The second-order valence-corrected chi connectivity index (χ2v) is 5.05. The molecule has 3 heteroatoms. The first-order valence-electron chi connectivity index (χ1n) is 6.40. The molecule has 1 aliphatic heterocycles. The van der Waals surface area contributed by atoms with Gasteiger partial charge in [-0.05, 0) is 24.3 Å². The third-order valence-corrected chi connectivity index (χ3v) is 3.80. The first-order valence-corrected chi connectivity index (χ1v) is 6.40. The van der Waals surface area contributed by atoms with Crippen LogP contribution in [0.25, 0.3) is 0 Å². The lowest BCUT2D eigenvalue weighted by molar-refractivity contribution is 0.316. The summed E-state index contributed by atoms with van der Waals surface area (Å²) >= 11 is 0. The van der Waals surface area contributed by atoms with Crippen LogP contribution in [0, 0.1) is 0 Å². The summed E-state index contributed by atoms with van der Waals surface area (Å²) in [6.07, 6.45) is 2.47. The number of benzene rings is 1. The summed E-state index contributed by atoms with van der Waals surface area (Å²) in [5.74, 6) is 1.82. The Hall–Kier alpha value is -1.51. The van der Waals surface area contributed by atoms with Crippen molar-refractivity contribution in [2.24, 2.45) is 4.99 Å². The highest BCUT2D eigenvalue weighted by Crippen LogP contribution is 2.36. The third-order valence-electron chi connectivity index (χ3n) is 3.80. The molecule has 0 spiro atoms. The lowest BCUT2D eigenvalue weighted by Crippen LogP contribution is -2.47. The Labute approximate surface area is 103 Å². The topological polar surface area (TPSA) is 27.6 Å². The number of hydrogen-bond acceptors (Lipinski definition) is 3. The highest BCUT2D eigenvalue weighted by molar-refractivity contribution is 5.81. The van der Waals surface area contributed by atoms with Crippen LogP contribution >= 0.6 is 0 Å². The largest absolute Gasteiger partial charge is 0.353 e. The number of nitrogens with zero attached hydrogens (tertiary/aromatic N) is 2. The van der Waals surface area contributed by atoms with Crippen LogP contribution in [0.4, 0.5) is 0 Å². The second kappa shape index (κ2) is 4.40. The van der Waals surface area contributed by atoms with Crippen LogP contribution in [-0.2, 0) is 0 Å². The fraction of sp³-hybridized carbons (Fsp3) is 0.500. The molecule has 1 N–H and O–H groups in total. The Morgan fingerprint density at radius 1 is 1.24 bits per heavy atom. The smallest absolute Gasteiger partial charge is 0.194 e. The van der Waals surface area contributed by atoms with Crippen molar-refractivity contribution in [3.63, 3.8) is 0 Å². The van der Waals surface area contributed by atoms with Crippen molar-refractivity contribution < 1.29 is 0 Å². The van der Waals surface area contributed by atoms with E-state index >= 15 is 0 Å². The van der Waals surface area contributed by atoms with Crippen LogP contribution in [0.2, 0.25) is 0 Å². The lowest BCUT2D eigenvalue weighted by atomic mass is 9.76. The van der Waals surface area contributed by atoms with Crippen molar-refractivity contribution >= 4 is 5.96 Å². The molecule has 90 valence electrons. The summed E-state index contributed by atoms with van der Waals surface area (Å²) in [5, 5.41) is 3.54. The van der Waals surface area contributed by atoms with Gasteiger partial charge < -0.3 is 10.2 Å². The minimum Gasteiger partial charge on any atom is -0.353 e. The second-order valence-electron chi connectivity index (χ2n) is 5.05. The van der Waals surface area contributed by atoms with Crippen molar-refractivity contribution in [1.82, 2.24) is 10.2 Å². The van der Waals surface area contributed by atoms with E-state index in [-0.39, 0.29) is 0 Å². The summed E-state index contributed by atoms with van der Waals surface area (Å²) in [5.41, 5.74) is 1.48. The summed E-state index contributed by atoms with van der Waals surface area (Å²) in [7, 11) is 2.10. The number of hydrogen-bond donors (Lipinski definition) is 1. The van der Waals surface area contributed by atoms with E-state index in [2.05, 4.69) is 52.6 Å². The number of rotatable bonds is 2. The maximum Gasteiger partial charge on any atom is 0.194 e. The molecule has 0 saturated heterocycles. The van der Waals surface area contributed by atoms with Gasteiger partial charge in [0.25, 0.3) is 0 Å². The van der Waals surface area contributed by atoms with E-state index in [0.717, 1.165) is 25.0 Å². The van der Waals surface area contributed by atoms with Crippen LogP contribution in [0.1, 0.15) is 24.3 Å². The van der Waals surface area contributed by atoms with Crippen molar-refractivity contribution in [3.8, 4) is 0 Å². The van der Waals surface area contributed by atoms with E-state index in [9.17, 15) is 0 Å². The van der Waals surface area contributed by atoms with Gasteiger partial charge >= 0.3 is 0 Å². The van der Waals surface area contributed by atoms with E-state index in [4.69, 9.17) is 0 Å². The van der Waals surface area contributed by atoms with Crippen molar-refractivity contribution in [3.05, 3.63) is 35.9 Å². The van der Waals surface area contributed by atoms with Gasteiger partial charge in [0.1, 0.15) is 0 Å². The van der Waals surface area contributed by atoms with E-state index < -0.39 is 0 Å². The molecular formula is C14H19N3. The summed E-state index contributed by atoms with van der Waals surface area (Å²) in [6.45, 7) is 1.99. The van der Waals surface area contributed by atoms with Gasteiger partial charge in [-0.25, -0.2) is 0 Å². The van der Waals surface area contributed by atoms with Crippen LogP contribution in [-0.4, -0.2) is 37.0 Å². The predicted molar refractivity (Wildman–Crippen MR) is 70.3 cm³/mol. The van der Waals surface area contributed by atoms with Crippen molar-refractivity contribution in [1.29, 1.82) is 0 Å². The monoisotopic (exact) mass is 229 g/mol. The summed E-state index contributed by atoms with van der Waals surface area (Å²) < 4.78 is 0. The summed E-state index contributed by atoms with van der Waals surface area (Å²) in [4.78, 5) is 6.67. The van der Waals surface area contributed by atoms with Gasteiger partial charge in [0.15, 0.2) is 5.96 Å². The Morgan fingerprint density at radius 3 is 2.65 bits per heavy atom. The van der Waals surface area contributed by atoms with Crippen molar-refractivity contribution in [2.45, 2.75) is 24.8 Å². The normalized spacial score (nSPS) is 27.6. The van der Waals surface area contributed by atoms with E-state index in [1.54, 1.807) is 0 Å². The molecule has 1 saturated carbocycles. The highest BCUT2D eigenvalue weighted by atomic mass is 15.3. The molecule has 17 heavy (non-hydrogen) atoms. The SMILES string of the molecule is CN1CCN=C1NC1CC(c2ccccc2)C1. The number of nitrogens with one attached hydrogen (secondary N) is 1. The number of aliphatic imine (C=N–C) groups is 1. The van der Waals surface area contributed by atoms with Gasteiger partial charge in [-0.3, -0.25) is 4.99 Å². The van der Waals surface area contributed by atoms with Crippen LogP contribution in [0.15, 0.2) is 35.3 Å². The molecule has 3 rings (SSSR count). The first-order chi connectivity index (χ1) is 8.33. The van der Waals surface area contributed by atoms with Crippen LogP contribution in [0.5, 0.6) is 0 Å². The molecule has 0 radical (unpaired) electrons. The molecule has 1 aliphatic carbocycles. The van der Waals surface area contributed by atoms with Crippen molar-refractivity contribution in [2.75, 3.05) is 20.1 Å². The van der Waals surface area contributed by atoms with Gasteiger partial charge in [0.05, 0.1) is 6.54 Å². The molecule has 1 aromatic rings. The minimum atomic E-state index is 0.611. The Bertz CT molecular complexity index is 407. The van der Waals surface area contributed by atoms with E-state index in [1.807, 2.05) is 0 Å². The third kappa shape index (κ3) is 2.14. The van der Waals surface area contributed by atoms with E-state index in [0.29, 0.717) is 6.04 Å². The predicted octanol–water partition coefficient (Wildman–Crippen LogP) is 1.82. The maximum absolute atomic E-state index is 4.47. The lowest BCUT2D eigenvalue weighted by Gasteiger charge is -2.37. The average molecular weight is 229 g/mol. The average Bonchev–Trinajstić information content (AvgIpc) is 2.70. The molecule has 1 fully saturated rings. The van der Waals surface area contributed by atoms with Crippen LogP contribution in [0.3, 0.4) is 0 Å². The van der Waals surface area contributed by atoms with Gasteiger partial charge in [-0.2, -0.15) is 0 Å². The molecule has 1 aromatic carbocycles. The maximum atomic E-state index is 4.47. The Morgan fingerprint density at radius 2 is 2.00 bits per heavy atom. The molecular weight excluding hydrogens is 210 g/mol. The zero-order valence-corrected chi connectivity index (χ0v) is 10.3. The molecule has 2 aliphatic rings. The van der Waals surface area contributed by atoms with Gasteiger partial charge in [0.2, 0.25) is 0 Å². The first kappa shape index (κ1) is 10.6. The molecule has 0 amide bonds. The molecule has 0 bridgehead atoms. The number of likely N-dealkylation sites (N-methyl/N-ethyl adjacent to an activating group) is 1. The van der Waals surface area contributed by atoms with Gasteiger partial charge in [0, 0.05) is 19.6 Å². The Balaban J connectivity index is 1.52. The fourth-order valence-electron chi connectivity index (χ4n) is 2.60. The number of guanidine groups is 1. The zero-order valence-electron chi connectivity index (χ0n) is 10.3. The molecule has 1 heterocycles. The fourth-order valence-corrected chi connectivity index (χ4v) is 2.60. The molecule has 0 atom stereocenters. The van der Waals surface area contributed by atoms with Gasteiger partial charge in [-0.1, -0.05) is 30.3 Å². The summed E-state index contributed by atoms with van der Waals surface area (Å²) in [6, 6.07) is 11.4. The minimum absolute atomic E-state index is 0.611. The van der Waals surface area contributed by atoms with Gasteiger partial charge in [-0.15, -0.1) is 0 Å². The van der Waals surface area contributed by atoms with Crippen LogP contribution < -0.4 is 5.32 Å². The quantitative estimate of drug-likeness (QED) is 0.837. The zero-order chi connectivity index (χ0) is 11.7. The Kier molecular flexibility index (Phi) is 2.75. The molecule has 0 unspecified atom stereocenters. The molecule has 0 aromatic heterocycles.